The molecule has 0 bridgehead atoms. The molecule has 7 nitrogen and oxygen atoms in total. The van der Waals surface area contributed by atoms with Crippen LogP contribution in [-0.2, 0) is 16.1 Å². The normalized spacial score (nSPS) is 12.1. The predicted octanol–water partition coefficient (Wildman–Crippen LogP) is 2.36. The molecule has 0 radical (unpaired) electrons. The molecule has 0 aromatic carbocycles. The summed E-state index contributed by atoms with van der Waals surface area (Å²) in [6, 6.07) is 3.62. The van der Waals surface area contributed by atoms with Crippen molar-refractivity contribution in [3.8, 4) is 11.6 Å². The molecule has 1 amide bonds. The minimum absolute atomic E-state index is 0.0381. The summed E-state index contributed by atoms with van der Waals surface area (Å²) < 4.78 is 12.2. The molecule has 2 aromatic heterocycles. The molecule has 1 N–H and O–H groups in total. The average Bonchev–Trinajstić information content (AvgIpc) is 3.22. The van der Waals surface area contributed by atoms with E-state index in [0.717, 1.165) is 6.42 Å². The smallest absolute Gasteiger partial charge is 0.233 e. The van der Waals surface area contributed by atoms with Crippen molar-refractivity contribution in [3.63, 3.8) is 0 Å². The van der Waals surface area contributed by atoms with Crippen LogP contribution in [0.1, 0.15) is 13.3 Å². The van der Waals surface area contributed by atoms with Gasteiger partial charge in [0.1, 0.15) is 0 Å². The lowest BCUT2D eigenvalue weighted by Crippen LogP contribution is -2.32. The van der Waals surface area contributed by atoms with Gasteiger partial charge in [0, 0.05) is 26.8 Å². The number of allylic oxidation sites excluding steroid dienone is 1. The first kappa shape index (κ1) is 18.3. The van der Waals surface area contributed by atoms with E-state index in [0.29, 0.717) is 36.4 Å². The van der Waals surface area contributed by atoms with E-state index in [1.165, 1.54) is 11.8 Å². The molecular weight excluding hydrogens is 328 g/mol. The first-order chi connectivity index (χ1) is 11.7. The van der Waals surface area contributed by atoms with E-state index in [1.54, 1.807) is 25.5 Å². The fourth-order valence-electron chi connectivity index (χ4n) is 2.04. The van der Waals surface area contributed by atoms with E-state index in [9.17, 15) is 4.79 Å². The monoisotopic (exact) mass is 350 g/mol. The minimum Gasteiger partial charge on any atom is -0.461 e. The number of furan rings is 1. The van der Waals surface area contributed by atoms with Gasteiger partial charge in [0.2, 0.25) is 11.7 Å². The zero-order chi connectivity index (χ0) is 17.4. The lowest BCUT2D eigenvalue weighted by Gasteiger charge is -2.12. The van der Waals surface area contributed by atoms with Crippen molar-refractivity contribution in [2.24, 2.45) is 0 Å². The maximum Gasteiger partial charge on any atom is 0.233 e. The van der Waals surface area contributed by atoms with E-state index in [-0.39, 0.29) is 11.2 Å². The highest BCUT2D eigenvalue weighted by atomic mass is 32.2. The lowest BCUT2D eigenvalue weighted by molar-refractivity contribution is -0.120. The first-order valence-corrected chi connectivity index (χ1v) is 8.56. The van der Waals surface area contributed by atoms with Crippen LogP contribution in [0, 0.1) is 0 Å². The van der Waals surface area contributed by atoms with E-state index in [2.05, 4.69) is 22.1 Å². The highest BCUT2D eigenvalue weighted by molar-refractivity contribution is 8.00. The Labute approximate surface area is 145 Å². The van der Waals surface area contributed by atoms with E-state index in [4.69, 9.17) is 9.15 Å². The Morgan fingerprint density at radius 3 is 3.08 bits per heavy atom. The highest BCUT2D eigenvalue weighted by Crippen LogP contribution is 2.27. The van der Waals surface area contributed by atoms with Crippen molar-refractivity contribution >= 4 is 17.7 Å². The molecule has 0 aliphatic heterocycles. The van der Waals surface area contributed by atoms with E-state index in [1.807, 2.05) is 17.6 Å². The summed E-state index contributed by atoms with van der Waals surface area (Å²) in [5, 5.41) is 11.6. The number of nitrogens with one attached hydrogen (secondary N) is 1. The molecule has 0 saturated carbocycles. The Bertz CT molecular complexity index is 654. The molecule has 0 aliphatic carbocycles. The summed E-state index contributed by atoms with van der Waals surface area (Å²) >= 11 is 1.36. The number of carbonyl (C=O) groups excluding carboxylic acids is 1. The van der Waals surface area contributed by atoms with Crippen molar-refractivity contribution in [1.29, 1.82) is 0 Å². The summed E-state index contributed by atoms with van der Waals surface area (Å²) in [5.74, 6) is 1.21. The number of amides is 1. The van der Waals surface area contributed by atoms with Crippen molar-refractivity contribution in [1.82, 2.24) is 20.1 Å². The fraction of sp³-hybridized carbons (Fsp3) is 0.438. The molecule has 1 unspecified atom stereocenters. The van der Waals surface area contributed by atoms with Crippen LogP contribution < -0.4 is 5.32 Å². The number of hydrogen-bond donors (Lipinski definition) is 1. The molecule has 0 saturated heterocycles. The molecule has 2 aromatic rings. The van der Waals surface area contributed by atoms with Gasteiger partial charge in [-0.25, -0.2) is 0 Å². The number of methoxy groups -OCH3 is 1. The number of nitrogens with zero attached hydrogens (tertiary/aromatic N) is 3. The molecule has 0 fully saturated rings. The summed E-state index contributed by atoms with van der Waals surface area (Å²) in [7, 11) is 1.64. The SMILES string of the molecule is C=CCn1c(SC(C)C(=O)NCCCOC)nnc1-c1ccco1. The number of thioether (sulfide) groups is 1. The molecule has 130 valence electrons. The quantitative estimate of drug-likeness (QED) is 0.402. The van der Waals surface area contributed by atoms with Gasteiger partial charge < -0.3 is 14.5 Å². The third-order valence-electron chi connectivity index (χ3n) is 3.25. The second-order valence-electron chi connectivity index (χ2n) is 5.08. The minimum atomic E-state index is -0.287. The van der Waals surface area contributed by atoms with E-state index < -0.39 is 0 Å². The Kier molecular flexibility index (Phi) is 7.07. The molecule has 8 heteroatoms. The van der Waals surface area contributed by atoms with Crippen LogP contribution >= 0.6 is 11.8 Å². The van der Waals surface area contributed by atoms with Gasteiger partial charge in [-0.05, 0) is 25.5 Å². The molecule has 0 aliphatic rings. The zero-order valence-corrected chi connectivity index (χ0v) is 14.7. The maximum absolute atomic E-state index is 12.1. The number of rotatable bonds is 10. The van der Waals surface area contributed by atoms with Gasteiger partial charge >= 0.3 is 0 Å². The van der Waals surface area contributed by atoms with Gasteiger partial charge in [-0.15, -0.1) is 16.8 Å². The molecule has 2 rings (SSSR count). The summed E-state index contributed by atoms with van der Waals surface area (Å²) in [4.78, 5) is 12.1. The number of ether oxygens (including phenoxy) is 1. The largest absolute Gasteiger partial charge is 0.461 e. The molecule has 0 spiro atoms. The molecule has 2 heterocycles. The topological polar surface area (TPSA) is 82.2 Å². The Morgan fingerprint density at radius 1 is 1.58 bits per heavy atom. The van der Waals surface area contributed by atoms with Crippen molar-refractivity contribution < 1.29 is 13.9 Å². The Hall–Kier alpha value is -2.06. The van der Waals surface area contributed by atoms with Crippen molar-refractivity contribution in [2.45, 2.75) is 30.3 Å². The second-order valence-corrected chi connectivity index (χ2v) is 6.39. The van der Waals surface area contributed by atoms with E-state index >= 15 is 0 Å². The number of aromatic nitrogens is 3. The van der Waals surface area contributed by atoms with Gasteiger partial charge in [0.05, 0.1) is 11.5 Å². The maximum atomic E-state index is 12.1. The van der Waals surface area contributed by atoms with Crippen molar-refractivity contribution in [2.75, 3.05) is 20.3 Å². The highest BCUT2D eigenvalue weighted by Gasteiger charge is 2.21. The zero-order valence-electron chi connectivity index (χ0n) is 13.9. The summed E-state index contributed by atoms with van der Waals surface area (Å²) in [6.45, 7) is 7.36. The van der Waals surface area contributed by atoms with Crippen molar-refractivity contribution in [3.05, 3.63) is 31.1 Å². The fourth-order valence-corrected chi connectivity index (χ4v) is 2.92. The summed E-state index contributed by atoms with van der Waals surface area (Å²) in [5.41, 5.74) is 0. The second kappa shape index (κ2) is 9.29. The van der Waals surface area contributed by atoms with Crippen LogP contribution in [0.5, 0.6) is 0 Å². The predicted molar refractivity (Wildman–Crippen MR) is 92.7 cm³/mol. The average molecular weight is 350 g/mol. The lowest BCUT2D eigenvalue weighted by atomic mass is 10.4. The van der Waals surface area contributed by atoms with Gasteiger partial charge in [0.15, 0.2) is 10.9 Å². The van der Waals surface area contributed by atoms with Gasteiger partial charge in [-0.3, -0.25) is 9.36 Å². The third kappa shape index (κ3) is 4.72. The third-order valence-corrected chi connectivity index (χ3v) is 4.33. The summed E-state index contributed by atoms with van der Waals surface area (Å²) in [6.07, 6.45) is 4.13. The standard InChI is InChI=1S/C16H22N4O3S/c1-4-9-20-14(13-7-5-11-23-13)18-19-16(20)24-12(2)15(21)17-8-6-10-22-3/h4-5,7,11-12H,1,6,8-10H2,2-3H3,(H,17,21). The van der Waals surface area contributed by atoms with Crippen LogP contribution in [-0.4, -0.2) is 46.2 Å². The number of hydrogen-bond acceptors (Lipinski definition) is 6. The molecular formula is C16H22N4O3S. The van der Waals surface area contributed by atoms with Gasteiger partial charge in [-0.1, -0.05) is 17.8 Å². The molecule has 24 heavy (non-hydrogen) atoms. The van der Waals surface area contributed by atoms with Crippen LogP contribution in [0.2, 0.25) is 0 Å². The first-order valence-electron chi connectivity index (χ1n) is 7.68. The number of carbonyl (C=O) groups is 1. The van der Waals surface area contributed by atoms with Crippen LogP contribution in [0.3, 0.4) is 0 Å². The van der Waals surface area contributed by atoms with Gasteiger partial charge in [-0.2, -0.15) is 0 Å². The van der Waals surface area contributed by atoms with Crippen LogP contribution in [0.25, 0.3) is 11.6 Å². The van der Waals surface area contributed by atoms with Crippen LogP contribution in [0.15, 0.2) is 40.6 Å². The molecule has 1 atom stereocenters. The van der Waals surface area contributed by atoms with Crippen LogP contribution in [0.4, 0.5) is 0 Å². The Balaban J connectivity index is 2.03. The van der Waals surface area contributed by atoms with Gasteiger partial charge in [0.25, 0.3) is 0 Å². The Morgan fingerprint density at radius 2 is 2.42 bits per heavy atom.